The van der Waals surface area contributed by atoms with E-state index in [0.29, 0.717) is 30.5 Å². The Morgan fingerprint density at radius 3 is 2.79 bits per heavy atom. The summed E-state index contributed by atoms with van der Waals surface area (Å²) in [6, 6.07) is 11.5. The maximum atomic E-state index is 12.2. The van der Waals surface area contributed by atoms with Gasteiger partial charge in [0.2, 0.25) is 5.95 Å². The van der Waals surface area contributed by atoms with Gasteiger partial charge in [-0.2, -0.15) is 0 Å². The SMILES string of the molecule is CC(C)CNC(=O)c1csc(-c2ccnc(NCc3cccc(C(C)O)c3)n2)c1. The Labute approximate surface area is 175 Å². The number of carbonyl (C=O) groups excluding carboxylic acids is 1. The number of carbonyl (C=O) groups is 1. The highest BCUT2D eigenvalue weighted by molar-refractivity contribution is 7.13. The van der Waals surface area contributed by atoms with Crippen molar-refractivity contribution in [1.29, 1.82) is 0 Å². The number of benzene rings is 1. The fraction of sp³-hybridized carbons (Fsp3) is 0.318. The van der Waals surface area contributed by atoms with Gasteiger partial charge in [0.05, 0.1) is 22.2 Å². The highest BCUT2D eigenvalue weighted by Crippen LogP contribution is 2.26. The minimum atomic E-state index is -0.500. The monoisotopic (exact) mass is 410 g/mol. The van der Waals surface area contributed by atoms with Crippen molar-refractivity contribution < 1.29 is 9.90 Å². The summed E-state index contributed by atoms with van der Waals surface area (Å²) < 4.78 is 0. The van der Waals surface area contributed by atoms with Gasteiger partial charge >= 0.3 is 0 Å². The summed E-state index contributed by atoms with van der Waals surface area (Å²) >= 11 is 1.49. The number of nitrogens with one attached hydrogen (secondary N) is 2. The van der Waals surface area contributed by atoms with Gasteiger partial charge in [0.25, 0.3) is 5.91 Å². The van der Waals surface area contributed by atoms with Crippen molar-refractivity contribution in [2.45, 2.75) is 33.4 Å². The lowest BCUT2D eigenvalue weighted by atomic mass is 10.1. The van der Waals surface area contributed by atoms with Crippen molar-refractivity contribution in [3.05, 3.63) is 64.7 Å². The molecular formula is C22H26N4O2S. The molecule has 3 rings (SSSR count). The zero-order valence-electron chi connectivity index (χ0n) is 16.8. The Balaban J connectivity index is 1.67. The van der Waals surface area contributed by atoms with Crippen LogP contribution < -0.4 is 10.6 Å². The average Bonchev–Trinajstić information content (AvgIpc) is 3.21. The van der Waals surface area contributed by atoms with E-state index in [0.717, 1.165) is 21.7 Å². The van der Waals surface area contributed by atoms with Crippen LogP contribution in [0.15, 0.2) is 48.0 Å². The van der Waals surface area contributed by atoms with E-state index < -0.39 is 6.10 Å². The summed E-state index contributed by atoms with van der Waals surface area (Å²) in [5, 5.41) is 17.7. The van der Waals surface area contributed by atoms with Crippen molar-refractivity contribution in [2.75, 3.05) is 11.9 Å². The third kappa shape index (κ3) is 5.85. The number of aromatic nitrogens is 2. The zero-order valence-corrected chi connectivity index (χ0v) is 17.7. The van der Waals surface area contributed by atoms with E-state index in [9.17, 15) is 9.90 Å². The first-order valence-electron chi connectivity index (χ1n) is 9.63. The van der Waals surface area contributed by atoms with E-state index in [1.54, 1.807) is 13.1 Å². The second-order valence-corrected chi connectivity index (χ2v) is 8.25. The Hall–Kier alpha value is -2.77. The van der Waals surface area contributed by atoms with Crippen LogP contribution in [0.5, 0.6) is 0 Å². The molecule has 0 aliphatic carbocycles. The molecule has 0 aliphatic heterocycles. The molecule has 0 fully saturated rings. The maximum Gasteiger partial charge on any atom is 0.252 e. The highest BCUT2D eigenvalue weighted by atomic mass is 32.1. The molecule has 29 heavy (non-hydrogen) atoms. The summed E-state index contributed by atoms with van der Waals surface area (Å²) in [6.07, 6.45) is 1.20. The molecule has 0 bridgehead atoms. The molecule has 2 aromatic heterocycles. The minimum Gasteiger partial charge on any atom is -0.389 e. The maximum absolute atomic E-state index is 12.2. The van der Waals surface area contributed by atoms with Gasteiger partial charge in [0.15, 0.2) is 0 Å². The van der Waals surface area contributed by atoms with E-state index in [2.05, 4.69) is 34.4 Å². The normalized spacial score (nSPS) is 12.0. The molecular weight excluding hydrogens is 384 g/mol. The number of aliphatic hydroxyl groups excluding tert-OH is 1. The molecule has 152 valence electrons. The van der Waals surface area contributed by atoms with Crippen molar-refractivity contribution >= 4 is 23.2 Å². The van der Waals surface area contributed by atoms with Crippen LogP contribution in [0, 0.1) is 5.92 Å². The Morgan fingerprint density at radius 2 is 2.03 bits per heavy atom. The Morgan fingerprint density at radius 1 is 1.21 bits per heavy atom. The molecule has 0 spiro atoms. The molecule has 3 aromatic rings. The van der Waals surface area contributed by atoms with E-state index in [4.69, 9.17) is 0 Å². The Kier molecular flexibility index (Phi) is 6.95. The van der Waals surface area contributed by atoms with Gasteiger partial charge < -0.3 is 15.7 Å². The zero-order chi connectivity index (χ0) is 20.8. The van der Waals surface area contributed by atoms with Gasteiger partial charge in [0.1, 0.15) is 0 Å². The summed E-state index contributed by atoms with van der Waals surface area (Å²) in [5.74, 6) is 0.865. The topological polar surface area (TPSA) is 87.1 Å². The molecule has 0 aliphatic rings. The number of anilines is 1. The van der Waals surface area contributed by atoms with Gasteiger partial charge in [-0.15, -0.1) is 11.3 Å². The van der Waals surface area contributed by atoms with Crippen LogP contribution in [0.3, 0.4) is 0 Å². The third-order valence-electron chi connectivity index (χ3n) is 4.32. The molecule has 6 nitrogen and oxygen atoms in total. The number of amides is 1. The molecule has 3 N–H and O–H groups in total. The number of hydrogen-bond acceptors (Lipinski definition) is 6. The van der Waals surface area contributed by atoms with Crippen molar-refractivity contribution in [3.8, 4) is 10.6 Å². The van der Waals surface area contributed by atoms with E-state index in [1.807, 2.05) is 41.8 Å². The lowest BCUT2D eigenvalue weighted by Gasteiger charge is -2.09. The van der Waals surface area contributed by atoms with Crippen LogP contribution in [0.4, 0.5) is 5.95 Å². The molecule has 1 unspecified atom stereocenters. The lowest BCUT2D eigenvalue weighted by Crippen LogP contribution is -2.26. The van der Waals surface area contributed by atoms with Crippen LogP contribution >= 0.6 is 11.3 Å². The highest BCUT2D eigenvalue weighted by Gasteiger charge is 2.11. The molecule has 7 heteroatoms. The van der Waals surface area contributed by atoms with Crippen LogP contribution in [0.2, 0.25) is 0 Å². The number of aliphatic hydroxyl groups is 1. The molecule has 1 aromatic carbocycles. The Bertz CT molecular complexity index is 969. The van der Waals surface area contributed by atoms with Crippen molar-refractivity contribution in [3.63, 3.8) is 0 Å². The third-order valence-corrected chi connectivity index (χ3v) is 5.28. The van der Waals surface area contributed by atoms with Crippen molar-refractivity contribution in [2.24, 2.45) is 5.92 Å². The van der Waals surface area contributed by atoms with Crippen LogP contribution in [0.25, 0.3) is 10.6 Å². The second kappa shape index (κ2) is 9.62. The summed E-state index contributed by atoms with van der Waals surface area (Å²) in [6.45, 7) is 7.08. The molecule has 1 atom stereocenters. The number of hydrogen-bond donors (Lipinski definition) is 3. The largest absolute Gasteiger partial charge is 0.389 e. The quantitative estimate of drug-likeness (QED) is 0.517. The smallest absolute Gasteiger partial charge is 0.252 e. The first kappa shape index (κ1) is 21.0. The van der Waals surface area contributed by atoms with Gasteiger partial charge in [-0.05, 0) is 36.1 Å². The standard InChI is InChI=1S/C22H26N4O2S/c1-14(2)11-24-21(28)18-10-20(29-13-18)19-7-8-23-22(26-19)25-12-16-5-4-6-17(9-16)15(3)27/h4-10,13-15,27H,11-12H2,1-3H3,(H,24,28)(H,23,25,26). The lowest BCUT2D eigenvalue weighted by molar-refractivity contribution is 0.0949. The predicted molar refractivity (Wildman–Crippen MR) is 117 cm³/mol. The van der Waals surface area contributed by atoms with Gasteiger partial charge in [0, 0.05) is 24.7 Å². The fourth-order valence-corrected chi connectivity index (χ4v) is 3.57. The van der Waals surface area contributed by atoms with Crippen LogP contribution in [0.1, 0.15) is 48.4 Å². The second-order valence-electron chi connectivity index (χ2n) is 7.34. The molecule has 0 saturated heterocycles. The molecule has 0 radical (unpaired) electrons. The number of rotatable bonds is 8. The summed E-state index contributed by atoms with van der Waals surface area (Å²) in [5.41, 5.74) is 3.33. The van der Waals surface area contributed by atoms with E-state index >= 15 is 0 Å². The summed E-state index contributed by atoms with van der Waals surface area (Å²) in [4.78, 5) is 22.0. The first-order valence-corrected chi connectivity index (χ1v) is 10.5. The van der Waals surface area contributed by atoms with Crippen LogP contribution in [-0.2, 0) is 6.54 Å². The molecule has 1 amide bonds. The molecule has 2 heterocycles. The van der Waals surface area contributed by atoms with E-state index in [1.165, 1.54) is 11.3 Å². The van der Waals surface area contributed by atoms with Crippen LogP contribution in [-0.4, -0.2) is 27.5 Å². The fourth-order valence-electron chi connectivity index (χ4n) is 2.71. The number of thiophene rings is 1. The van der Waals surface area contributed by atoms with Crippen molar-refractivity contribution in [1.82, 2.24) is 15.3 Å². The van der Waals surface area contributed by atoms with Gasteiger partial charge in [-0.25, -0.2) is 9.97 Å². The minimum absolute atomic E-state index is 0.0633. The number of nitrogens with zero attached hydrogens (tertiary/aromatic N) is 2. The molecule has 0 saturated carbocycles. The van der Waals surface area contributed by atoms with E-state index in [-0.39, 0.29) is 5.91 Å². The summed E-state index contributed by atoms with van der Waals surface area (Å²) in [7, 11) is 0. The van der Waals surface area contributed by atoms with Gasteiger partial charge in [-0.1, -0.05) is 38.1 Å². The average molecular weight is 411 g/mol. The predicted octanol–water partition coefficient (Wildman–Crippen LogP) is 4.26. The first-order chi connectivity index (χ1) is 13.9. The van der Waals surface area contributed by atoms with Gasteiger partial charge in [-0.3, -0.25) is 4.79 Å².